The molecule has 0 amide bonds. The average molecular weight is 238 g/mol. The van der Waals surface area contributed by atoms with Crippen LogP contribution in [0.4, 0.5) is 0 Å². The normalized spacial score (nSPS) is 49.4. The second kappa shape index (κ2) is 3.98. The molecule has 0 aromatic carbocycles. The zero-order valence-corrected chi connectivity index (χ0v) is 10.5. The van der Waals surface area contributed by atoms with Gasteiger partial charge in [0, 0.05) is 5.92 Å². The third kappa shape index (κ3) is 1.55. The van der Waals surface area contributed by atoms with Crippen LogP contribution in [0.3, 0.4) is 0 Å². The van der Waals surface area contributed by atoms with Gasteiger partial charge < -0.3 is 9.84 Å². The highest BCUT2D eigenvalue weighted by Gasteiger charge is 2.59. The Hall–Kier alpha value is -0.570. The van der Waals surface area contributed by atoms with Gasteiger partial charge in [-0.2, -0.15) is 0 Å². The molecular weight excluding hydrogens is 216 g/mol. The molecule has 2 saturated carbocycles. The van der Waals surface area contributed by atoms with E-state index in [0.717, 1.165) is 18.8 Å². The van der Waals surface area contributed by atoms with E-state index in [1.54, 1.807) is 0 Å². The summed E-state index contributed by atoms with van der Waals surface area (Å²) in [6, 6.07) is 0. The first-order chi connectivity index (χ1) is 8.17. The summed E-state index contributed by atoms with van der Waals surface area (Å²) >= 11 is 0. The minimum absolute atomic E-state index is 0.00229. The van der Waals surface area contributed by atoms with Crippen molar-refractivity contribution in [3.05, 3.63) is 0 Å². The van der Waals surface area contributed by atoms with E-state index in [-0.39, 0.29) is 24.6 Å². The van der Waals surface area contributed by atoms with Gasteiger partial charge in [0.25, 0.3) is 0 Å². The van der Waals surface area contributed by atoms with Gasteiger partial charge in [0.05, 0.1) is 12.0 Å². The lowest BCUT2D eigenvalue weighted by Gasteiger charge is -2.45. The molecule has 0 aromatic rings. The van der Waals surface area contributed by atoms with Crippen molar-refractivity contribution in [1.82, 2.24) is 0 Å². The molecule has 1 N–H and O–H groups in total. The standard InChI is InChI=1S/C14H22O3/c1-9-12-6-10-4-2-3-5-11(10)7-14(12,8-15)13(16)17-9/h9-12,15H,2-8H2,1H3. The lowest BCUT2D eigenvalue weighted by atomic mass is 9.56. The van der Waals surface area contributed by atoms with Crippen LogP contribution in [0, 0.1) is 23.2 Å². The third-order valence-electron chi connectivity index (χ3n) is 5.51. The summed E-state index contributed by atoms with van der Waals surface area (Å²) in [5, 5.41) is 9.73. The summed E-state index contributed by atoms with van der Waals surface area (Å²) < 4.78 is 5.41. The van der Waals surface area contributed by atoms with E-state index >= 15 is 0 Å². The summed E-state index contributed by atoms with van der Waals surface area (Å²) in [6.45, 7) is 1.97. The number of aliphatic hydroxyl groups excluding tert-OH is 1. The van der Waals surface area contributed by atoms with Gasteiger partial charge in [0.1, 0.15) is 6.10 Å². The Bertz CT molecular complexity index is 327. The molecule has 0 bridgehead atoms. The first kappa shape index (κ1) is 11.5. The van der Waals surface area contributed by atoms with Crippen LogP contribution in [0.15, 0.2) is 0 Å². The van der Waals surface area contributed by atoms with Crippen LogP contribution in [0.25, 0.3) is 0 Å². The molecule has 96 valence electrons. The maximum absolute atomic E-state index is 12.1. The fourth-order valence-corrected chi connectivity index (χ4v) is 4.52. The Labute approximate surface area is 103 Å². The van der Waals surface area contributed by atoms with Crippen molar-refractivity contribution < 1.29 is 14.6 Å². The minimum atomic E-state index is -0.558. The van der Waals surface area contributed by atoms with E-state index in [2.05, 4.69) is 0 Å². The summed E-state index contributed by atoms with van der Waals surface area (Å²) in [6.07, 6.45) is 7.11. The monoisotopic (exact) mass is 238 g/mol. The smallest absolute Gasteiger partial charge is 0.315 e. The predicted octanol–water partition coefficient (Wildman–Crippen LogP) is 2.13. The van der Waals surface area contributed by atoms with E-state index in [9.17, 15) is 9.90 Å². The van der Waals surface area contributed by atoms with Crippen molar-refractivity contribution in [2.24, 2.45) is 23.2 Å². The third-order valence-corrected chi connectivity index (χ3v) is 5.51. The maximum atomic E-state index is 12.1. The van der Waals surface area contributed by atoms with Crippen LogP contribution in [0.2, 0.25) is 0 Å². The number of hydrogen-bond donors (Lipinski definition) is 1. The topological polar surface area (TPSA) is 46.5 Å². The number of fused-ring (bicyclic) bond motifs is 2. The van der Waals surface area contributed by atoms with Crippen molar-refractivity contribution in [2.45, 2.75) is 51.6 Å². The minimum Gasteiger partial charge on any atom is -0.462 e. The molecule has 5 atom stereocenters. The van der Waals surface area contributed by atoms with Gasteiger partial charge in [-0.25, -0.2) is 0 Å². The molecule has 0 radical (unpaired) electrons. The van der Waals surface area contributed by atoms with Crippen LogP contribution in [0.1, 0.15) is 45.4 Å². The molecule has 3 nitrogen and oxygen atoms in total. The van der Waals surface area contributed by atoms with Gasteiger partial charge in [-0.05, 0) is 31.6 Å². The highest BCUT2D eigenvalue weighted by Crippen LogP contribution is 2.56. The van der Waals surface area contributed by atoms with Crippen LogP contribution in [-0.4, -0.2) is 23.8 Å². The Morgan fingerprint density at radius 1 is 1.35 bits per heavy atom. The molecule has 3 heteroatoms. The Morgan fingerprint density at radius 3 is 2.76 bits per heavy atom. The molecule has 17 heavy (non-hydrogen) atoms. The first-order valence-electron chi connectivity index (χ1n) is 6.99. The fourth-order valence-electron chi connectivity index (χ4n) is 4.52. The zero-order chi connectivity index (χ0) is 12.0. The van der Waals surface area contributed by atoms with Crippen molar-refractivity contribution in [3.63, 3.8) is 0 Å². The predicted molar refractivity (Wildman–Crippen MR) is 63.2 cm³/mol. The van der Waals surface area contributed by atoms with Crippen LogP contribution >= 0.6 is 0 Å². The number of esters is 1. The van der Waals surface area contributed by atoms with Crippen molar-refractivity contribution in [3.8, 4) is 0 Å². The number of rotatable bonds is 1. The Kier molecular flexibility index (Phi) is 2.69. The van der Waals surface area contributed by atoms with Gasteiger partial charge in [-0.3, -0.25) is 4.79 Å². The number of carbonyl (C=O) groups is 1. The van der Waals surface area contributed by atoms with Crippen molar-refractivity contribution in [1.29, 1.82) is 0 Å². The van der Waals surface area contributed by atoms with Gasteiger partial charge >= 0.3 is 5.97 Å². The van der Waals surface area contributed by atoms with Crippen LogP contribution < -0.4 is 0 Å². The van der Waals surface area contributed by atoms with E-state index < -0.39 is 5.41 Å². The molecule has 5 unspecified atom stereocenters. The summed E-state index contributed by atoms with van der Waals surface area (Å²) in [5.74, 6) is 1.52. The quantitative estimate of drug-likeness (QED) is 0.712. The molecule has 2 aliphatic carbocycles. The average Bonchev–Trinajstić information content (AvgIpc) is 2.59. The summed E-state index contributed by atoms with van der Waals surface area (Å²) in [7, 11) is 0. The second-order valence-corrected chi connectivity index (χ2v) is 6.28. The lowest BCUT2D eigenvalue weighted by Crippen LogP contribution is -2.47. The first-order valence-corrected chi connectivity index (χ1v) is 6.99. The highest BCUT2D eigenvalue weighted by atomic mass is 16.6. The zero-order valence-electron chi connectivity index (χ0n) is 10.5. The molecule has 1 aliphatic heterocycles. The molecule has 3 aliphatic rings. The fraction of sp³-hybridized carbons (Fsp3) is 0.929. The van der Waals surface area contributed by atoms with E-state index in [4.69, 9.17) is 4.74 Å². The number of aliphatic hydroxyl groups is 1. The number of ether oxygens (including phenoxy) is 1. The molecular formula is C14H22O3. The Balaban J connectivity index is 1.89. The molecule has 3 fully saturated rings. The van der Waals surface area contributed by atoms with E-state index in [1.165, 1.54) is 25.7 Å². The molecule has 0 aromatic heterocycles. The molecule has 3 rings (SSSR count). The largest absolute Gasteiger partial charge is 0.462 e. The van der Waals surface area contributed by atoms with Crippen LogP contribution in [0.5, 0.6) is 0 Å². The molecule has 0 spiro atoms. The second-order valence-electron chi connectivity index (χ2n) is 6.28. The SMILES string of the molecule is CC1OC(=O)C2(CO)CC3CCCCC3CC12. The summed E-state index contributed by atoms with van der Waals surface area (Å²) in [4.78, 5) is 12.1. The van der Waals surface area contributed by atoms with Crippen molar-refractivity contribution in [2.75, 3.05) is 6.61 Å². The van der Waals surface area contributed by atoms with Gasteiger partial charge in [-0.1, -0.05) is 25.7 Å². The van der Waals surface area contributed by atoms with E-state index in [0.29, 0.717) is 5.92 Å². The lowest BCUT2D eigenvalue weighted by molar-refractivity contribution is -0.153. The van der Waals surface area contributed by atoms with Crippen molar-refractivity contribution >= 4 is 5.97 Å². The van der Waals surface area contributed by atoms with Gasteiger partial charge in [0.2, 0.25) is 0 Å². The molecule has 1 saturated heterocycles. The number of carbonyl (C=O) groups excluding carboxylic acids is 1. The maximum Gasteiger partial charge on any atom is 0.315 e. The summed E-state index contributed by atoms with van der Waals surface area (Å²) in [5.41, 5.74) is -0.558. The van der Waals surface area contributed by atoms with Gasteiger partial charge in [0.15, 0.2) is 0 Å². The van der Waals surface area contributed by atoms with Crippen LogP contribution in [-0.2, 0) is 9.53 Å². The Morgan fingerprint density at radius 2 is 2.06 bits per heavy atom. The molecule has 1 heterocycles. The number of cyclic esters (lactones) is 1. The van der Waals surface area contributed by atoms with E-state index in [1.807, 2.05) is 6.92 Å². The van der Waals surface area contributed by atoms with Gasteiger partial charge in [-0.15, -0.1) is 0 Å². The highest BCUT2D eigenvalue weighted by molar-refractivity contribution is 5.80. The number of hydrogen-bond acceptors (Lipinski definition) is 3.